The zero-order valence-corrected chi connectivity index (χ0v) is 18.6. The van der Waals surface area contributed by atoms with Crippen LogP contribution in [0.15, 0.2) is 59.5 Å². The van der Waals surface area contributed by atoms with Gasteiger partial charge in [0.05, 0.1) is 11.5 Å². The molecule has 168 valence electrons. The first kappa shape index (κ1) is 24.4. The van der Waals surface area contributed by atoms with Gasteiger partial charge < -0.3 is 14.8 Å². The normalized spacial score (nSPS) is 12.3. The van der Waals surface area contributed by atoms with Gasteiger partial charge in [0.1, 0.15) is 5.75 Å². The van der Waals surface area contributed by atoms with E-state index in [-0.39, 0.29) is 17.4 Å². The maximum Gasteiger partial charge on any atom is 0.306 e. The molecule has 2 aromatic rings. The fraction of sp³-hybridized carbons (Fsp3) is 0.364. The van der Waals surface area contributed by atoms with Gasteiger partial charge in [0, 0.05) is 18.2 Å². The summed E-state index contributed by atoms with van der Waals surface area (Å²) in [5.41, 5.74) is 0.396. The van der Waals surface area contributed by atoms with Gasteiger partial charge in [-0.3, -0.25) is 9.59 Å². The van der Waals surface area contributed by atoms with Crippen LogP contribution >= 0.6 is 0 Å². The lowest BCUT2D eigenvalue weighted by Crippen LogP contribution is -2.30. The number of benzene rings is 2. The number of esters is 1. The molecule has 0 unspecified atom stereocenters. The van der Waals surface area contributed by atoms with Crippen molar-refractivity contribution in [2.24, 2.45) is 0 Å². The van der Waals surface area contributed by atoms with Gasteiger partial charge in [0.25, 0.3) is 5.91 Å². The topological polar surface area (TPSA) is 111 Å². The number of ether oxygens (including phenoxy) is 2. The monoisotopic (exact) mass is 448 g/mol. The van der Waals surface area contributed by atoms with E-state index in [1.807, 2.05) is 30.3 Å². The summed E-state index contributed by atoms with van der Waals surface area (Å²) in [6.45, 7) is 5.29. The smallest absolute Gasteiger partial charge is 0.306 e. The highest BCUT2D eigenvalue weighted by atomic mass is 32.2. The number of anilines is 1. The molecule has 0 saturated carbocycles. The van der Waals surface area contributed by atoms with Crippen LogP contribution in [0.25, 0.3) is 0 Å². The van der Waals surface area contributed by atoms with Gasteiger partial charge in [0.2, 0.25) is 10.0 Å². The Hall–Kier alpha value is -2.91. The van der Waals surface area contributed by atoms with Crippen molar-refractivity contribution in [3.8, 4) is 5.75 Å². The summed E-state index contributed by atoms with van der Waals surface area (Å²) in [5.74, 6) is -0.285. The van der Waals surface area contributed by atoms with E-state index in [9.17, 15) is 18.0 Å². The lowest BCUT2D eigenvalue weighted by atomic mass is 10.3. The van der Waals surface area contributed by atoms with Crippen molar-refractivity contribution in [2.75, 3.05) is 11.9 Å². The molecule has 0 saturated heterocycles. The molecule has 2 rings (SSSR count). The van der Waals surface area contributed by atoms with E-state index in [0.717, 1.165) is 5.75 Å². The molecule has 0 aromatic heterocycles. The number of amides is 1. The summed E-state index contributed by atoms with van der Waals surface area (Å²) in [4.78, 5) is 24.3. The van der Waals surface area contributed by atoms with Crippen molar-refractivity contribution in [2.45, 2.75) is 50.7 Å². The van der Waals surface area contributed by atoms with Crippen molar-refractivity contribution in [3.05, 3.63) is 54.6 Å². The lowest BCUT2D eigenvalue weighted by Gasteiger charge is -2.14. The van der Waals surface area contributed by atoms with Gasteiger partial charge in [-0.1, -0.05) is 18.2 Å². The Morgan fingerprint density at radius 2 is 1.61 bits per heavy atom. The molecule has 0 spiro atoms. The molecule has 0 fully saturated rings. The highest BCUT2D eigenvalue weighted by Gasteiger charge is 2.19. The van der Waals surface area contributed by atoms with Crippen LogP contribution in [0.1, 0.15) is 33.6 Å². The Kier molecular flexibility index (Phi) is 9.02. The Labute approximate surface area is 183 Å². The second-order valence-corrected chi connectivity index (χ2v) is 8.90. The first-order valence-electron chi connectivity index (χ1n) is 9.98. The molecule has 0 heterocycles. The van der Waals surface area contributed by atoms with Crippen LogP contribution in [-0.2, 0) is 24.3 Å². The van der Waals surface area contributed by atoms with Crippen LogP contribution in [0.3, 0.4) is 0 Å². The Morgan fingerprint density at radius 1 is 0.968 bits per heavy atom. The van der Waals surface area contributed by atoms with Crippen molar-refractivity contribution >= 4 is 27.6 Å². The number of rotatable bonds is 11. The van der Waals surface area contributed by atoms with E-state index in [1.54, 1.807) is 13.8 Å². The summed E-state index contributed by atoms with van der Waals surface area (Å²) in [6.07, 6.45) is -0.406. The highest BCUT2D eigenvalue weighted by Crippen LogP contribution is 2.15. The second-order valence-electron chi connectivity index (χ2n) is 7.19. The number of hydrogen-bond donors (Lipinski definition) is 2. The minimum absolute atomic E-state index is 0.0939. The third-order valence-electron chi connectivity index (χ3n) is 4.04. The predicted octanol–water partition coefficient (Wildman–Crippen LogP) is 3.10. The zero-order valence-electron chi connectivity index (χ0n) is 17.8. The summed E-state index contributed by atoms with van der Waals surface area (Å²) >= 11 is 0. The quantitative estimate of drug-likeness (QED) is 0.404. The molecular weight excluding hydrogens is 420 g/mol. The molecule has 0 radical (unpaired) electrons. The van der Waals surface area contributed by atoms with E-state index < -0.39 is 28.0 Å². The maximum atomic E-state index is 12.2. The van der Waals surface area contributed by atoms with Crippen LogP contribution in [0, 0.1) is 0 Å². The molecule has 9 heteroatoms. The first-order chi connectivity index (χ1) is 14.7. The molecule has 0 aliphatic carbocycles. The molecule has 0 bridgehead atoms. The van der Waals surface area contributed by atoms with Gasteiger partial charge >= 0.3 is 5.97 Å². The van der Waals surface area contributed by atoms with E-state index in [1.165, 1.54) is 31.2 Å². The summed E-state index contributed by atoms with van der Waals surface area (Å²) < 4.78 is 37.4. The average Bonchev–Trinajstić information content (AvgIpc) is 2.71. The number of nitrogens with one attached hydrogen (secondary N) is 2. The van der Waals surface area contributed by atoms with Crippen molar-refractivity contribution in [1.82, 2.24) is 4.72 Å². The third kappa shape index (κ3) is 8.39. The molecule has 0 aliphatic rings. The van der Waals surface area contributed by atoms with Gasteiger partial charge in [-0.15, -0.1) is 0 Å². The average molecular weight is 449 g/mol. The number of carbonyl (C=O) groups is 2. The molecule has 8 nitrogen and oxygen atoms in total. The van der Waals surface area contributed by atoms with Crippen molar-refractivity contribution in [1.29, 1.82) is 0 Å². The SMILES string of the molecule is CC(C)NS(=O)(=O)c1ccc(NC(=O)[C@H](C)OC(=O)CCCOc2ccccc2)cc1. The molecule has 0 aliphatic heterocycles. The van der Waals surface area contributed by atoms with E-state index >= 15 is 0 Å². The van der Waals surface area contributed by atoms with Crippen LogP contribution in [0.2, 0.25) is 0 Å². The van der Waals surface area contributed by atoms with Crippen LogP contribution in [0.4, 0.5) is 5.69 Å². The standard InChI is InChI=1S/C22H28N2O6S/c1-16(2)24-31(27,28)20-13-11-18(12-14-20)23-22(26)17(3)30-21(25)10-7-15-29-19-8-5-4-6-9-19/h4-6,8-9,11-14,16-17,24H,7,10,15H2,1-3H3,(H,23,26)/t17-/m0/s1. The van der Waals surface area contributed by atoms with Crippen molar-refractivity contribution < 1.29 is 27.5 Å². The number of para-hydroxylation sites is 1. The fourth-order valence-corrected chi connectivity index (χ4v) is 3.82. The molecule has 1 amide bonds. The third-order valence-corrected chi connectivity index (χ3v) is 5.71. The molecule has 2 N–H and O–H groups in total. The van der Waals surface area contributed by atoms with Crippen LogP contribution < -0.4 is 14.8 Å². The summed E-state index contributed by atoms with van der Waals surface area (Å²) in [5, 5.41) is 2.60. The molecule has 2 aromatic carbocycles. The summed E-state index contributed by atoms with van der Waals surface area (Å²) in [7, 11) is -3.61. The maximum absolute atomic E-state index is 12.2. The first-order valence-corrected chi connectivity index (χ1v) is 11.5. The molecule has 1 atom stereocenters. The highest BCUT2D eigenvalue weighted by molar-refractivity contribution is 7.89. The summed E-state index contributed by atoms with van der Waals surface area (Å²) in [6, 6.07) is 14.8. The van der Waals surface area contributed by atoms with Gasteiger partial charge in [-0.05, 0) is 63.6 Å². The van der Waals surface area contributed by atoms with Gasteiger partial charge in [-0.25, -0.2) is 13.1 Å². The number of sulfonamides is 1. The fourth-order valence-electron chi connectivity index (χ4n) is 2.57. The van der Waals surface area contributed by atoms with E-state index in [4.69, 9.17) is 9.47 Å². The van der Waals surface area contributed by atoms with Crippen LogP contribution in [-0.4, -0.2) is 39.0 Å². The number of hydrogen-bond acceptors (Lipinski definition) is 6. The number of carbonyl (C=O) groups excluding carboxylic acids is 2. The predicted molar refractivity (Wildman–Crippen MR) is 117 cm³/mol. The Balaban J connectivity index is 1.76. The van der Waals surface area contributed by atoms with E-state index in [0.29, 0.717) is 18.7 Å². The Morgan fingerprint density at radius 3 is 2.23 bits per heavy atom. The van der Waals surface area contributed by atoms with Crippen LogP contribution in [0.5, 0.6) is 5.75 Å². The molecular formula is C22H28N2O6S. The van der Waals surface area contributed by atoms with Crippen molar-refractivity contribution in [3.63, 3.8) is 0 Å². The minimum Gasteiger partial charge on any atom is -0.494 e. The Bertz CT molecular complexity index is 959. The lowest BCUT2D eigenvalue weighted by molar-refractivity contribution is -0.153. The largest absolute Gasteiger partial charge is 0.494 e. The molecule has 31 heavy (non-hydrogen) atoms. The minimum atomic E-state index is -3.61. The second kappa shape index (κ2) is 11.5. The zero-order chi connectivity index (χ0) is 22.9. The van der Waals surface area contributed by atoms with Gasteiger partial charge in [0.15, 0.2) is 6.10 Å². The van der Waals surface area contributed by atoms with E-state index in [2.05, 4.69) is 10.0 Å². The van der Waals surface area contributed by atoms with Gasteiger partial charge in [-0.2, -0.15) is 0 Å².